The summed E-state index contributed by atoms with van der Waals surface area (Å²) in [5.74, 6) is 0. The maximum absolute atomic E-state index is 13.0. The average molecular weight is 388 g/mol. The van der Waals surface area contributed by atoms with Crippen LogP contribution in [0.2, 0.25) is 0 Å². The molecule has 1 aromatic carbocycles. The minimum atomic E-state index is -3.77. The molecular weight excluding hydrogens is 362 g/mol. The maximum atomic E-state index is 13.0. The lowest BCUT2D eigenvalue weighted by molar-refractivity contribution is 0.155. The van der Waals surface area contributed by atoms with Gasteiger partial charge in [-0.3, -0.25) is 0 Å². The highest BCUT2D eigenvalue weighted by atomic mass is 32.2. The summed E-state index contributed by atoms with van der Waals surface area (Å²) in [6, 6.07) is 5.46. The molecule has 0 bridgehead atoms. The van der Waals surface area contributed by atoms with Crippen molar-refractivity contribution in [2.24, 2.45) is 11.1 Å². The smallest absolute Gasteiger partial charge is 0.243 e. The van der Waals surface area contributed by atoms with E-state index in [2.05, 4.69) is 4.72 Å². The van der Waals surface area contributed by atoms with Crippen LogP contribution in [0.25, 0.3) is 0 Å². The number of nitrogens with one attached hydrogen (secondary N) is 1. The van der Waals surface area contributed by atoms with Crippen molar-refractivity contribution in [3.63, 3.8) is 0 Å². The second kappa shape index (κ2) is 6.31. The number of hydrogen-bond acceptors (Lipinski definition) is 5. The molecule has 0 amide bonds. The third-order valence-corrected chi connectivity index (χ3v) is 8.29. The predicted octanol–water partition coefficient (Wildman–Crippen LogP) is 0.875. The van der Waals surface area contributed by atoms with Crippen LogP contribution >= 0.6 is 0 Å². The van der Waals surface area contributed by atoms with Crippen LogP contribution in [0.1, 0.15) is 33.1 Å². The molecule has 7 nitrogen and oxygen atoms in total. The third-order valence-electron chi connectivity index (χ3n) is 4.93. The van der Waals surface area contributed by atoms with Crippen molar-refractivity contribution in [3.05, 3.63) is 24.3 Å². The summed E-state index contributed by atoms with van der Waals surface area (Å²) in [7, 11) is -7.46. The van der Waals surface area contributed by atoms with E-state index >= 15 is 0 Å². The van der Waals surface area contributed by atoms with Crippen molar-refractivity contribution in [2.45, 2.75) is 55.0 Å². The Hall–Kier alpha value is -1.00. The minimum absolute atomic E-state index is 0.00237. The third kappa shape index (κ3) is 3.90. The van der Waals surface area contributed by atoms with Gasteiger partial charge in [0.2, 0.25) is 20.0 Å². The summed E-state index contributed by atoms with van der Waals surface area (Å²) in [6.07, 6.45) is 2.22. The first-order valence-corrected chi connectivity index (χ1v) is 11.3. The van der Waals surface area contributed by atoms with E-state index in [0.717, 1.165) is 12.8 Å². The molecule has 1 saturated heterocycles. The van der Waals surface area contributed by atoms with Gasteiger partial charge in [0.1, 0.15) is 0 Å². The van der Waals surface area contributed by atoms with Gasteiger partial charge in [0.15, 0.2) is 0 Å². The topological polar surface area (TPSA) is 110 Å². The van der Waals surface area contributed by atoms with Gasteiger partial charge in [-0.25, -0.2) is 21.6 Å². The van der Waals surface area contributed by atoms with E-state index in [4.69, 9.17) is 5.73 Å². The van der Waals surface area contributed by atoms with E-state index in [1.165, 1.54) is 28.6 Å². The highest BCUT2D eigenvalue weighted by Crippen LogP contribution is 2.32. The van der Waals surface area contributed by atoms with Crippen LogP contribution in [0.15, 0.2) is 34.1 Å². The summed E-state index contributed by atoms with van der Waals surface area (Å²) < 4.78 is 54.6. The Morgan fingerprint density at radius 3 is 2.36 bits per heavy atom. The molecule has 1 atom stereocenters. The number of benzene rings is 1. The van der Waals surface area contributed by atoms with Crippen LogP contribution in [0.5, 0.6) is 0 Å². The monoisotopic (exact) mass is 387 g/mol. The molecule has 0 radical (unpaired) electrons. The first kappa shape index (κ1) is 18.8. The van der Waals surface area contributed by atoms with Crippen molar-refractivity contribution in [1.82, 2.24) is 9.03 Å². The Labute approximate surface area is 149 Å². The van der Waals surface area contributed by atoms with Crippen molar-refractivity contribution >= 4 is 20.0 Å². The van der Waals surface area contributed by atoms with Gasteiger partial charge in [0.25, 0.3) is 0 Å². The number of sulfonamides is 2. The molecule has 1 aliphatic carbocycles. The van der Waals surface area contributed by atoms with Gasteiger partial charge >= 0.3 is 0 Å². The van der Waals surface area contributed by atoms with Crippen LogP contribution in [-0.4, -0.2) is 46.3 Å². The highest BCUT2D eigenvalue weighted by Gasteiger charge is 2.39. The van der Waals surface area contributed by atoms with Crippen molar-refractivity contribution in [3.8, 4) is 0 Å². The quantitative estimate of drug-likeness (QED) is 0.779. The fraction of sp³-hybridized carbons (Fsp3) is 0.625. The Kier molecular flexibility index (Phi) is 4.74. The Morgan fingerprint density at radius 2 is 1.76 bits per heavy atom. The first-order valence-electron chi connectivity index (χ1n) is 8.40. The van der Waals surface area contributed by atoms with Gasteiger partial charge in [-0.1, -0.05) is 19.9 Å². The molecule has 1 aromatic rings. The normalized spacial score (nSPS) is 25.0. The highest BCUT2D eigenvalue weighted by molar-refractivity contribution is 7.90. The Balaban J connectivity index is 1.89. The van der Waals surface area contributed by atoms with Gasteiger partial charge < -0.3 is 5.73 Å². The molecule has 0 spiro atoms. The summed E-state index contributed by atoms with van der Waals surface area (Å²) in [5.41, 5.74) is 5.75. The molecule has 1 heterocycles. The molecule has 1 aliphatic heterocycles. The summed E-state index contributed by atoms with van der Waals surface area (Å²) in [6.45, 7) is 4.54. The number of rotatable bonds is 5. The lowest BCUT2D eigenvalue weighted by Gasteiger charge is -2.41. The molecule has 0 aromatic heterocycles. The van der Waals surface area contributed by atoms with Crippen molar-refractivity contribution in [2.75, 3.05) is 13.1 Å². The predicted molar refractivity (Wildman–Crippen MR) is 94.9 cm³/mol. The molecule has 1 saturated carbocycles. The van der Waals surface area contributed by atoms with Crippen LogP contribution in [0.3, 0.4) is 0 Å². The largest absolute Gasteiger partial charge is 0.327 e. The summed E-state index contributed by atoms with van der Waals surface area (Å²) >= 11 is 0. The second-order valence-electron chi connectivity index (χ2n) is 7.59. The molecule has 25 heavy (non-hydrogen) atoms. The van der Waals surface area contributed by atoms with Gasteiger partial charge in [0, 0.05) is 25.2 Å². The van der Waals surface area contributed by atoms with Crippen LogP contribution in [0, 0.1) is 5.41 Å². The van der Waals surface area contributed by atoms with Crippen LogP contribution in [-0.2, 0) is 20.0 Å². The van der Waals surface area contributed by atoms with Gasteiger partial charge in [-0.15, -0.1) is 0 Å². The zero-order chi connectivity index (χ0) is 18.5. The standard InChI is InChI=1S/C16H25N3O4S2/c1-16(2)11-19(9-8-15(16)17)25(22,23)14-5-3-4-13(10-14)24(20,21)18-12-6-7-12/h3-5,10,12,15,18H,6-9,11,17H2,1-2H3. The lowest BCUT2D eigenvalue weighted by Crippen LogP contribution is -2.53. The Morgan fingerprint density at radius 1 is 1.12 bits per heavy atom. The number of nitrogens with zero attached hydrogens (tertiary/aromatic N) is 1. The van der Waals surface area contributed by atoms with Crippen molar-refractivity contribution in [1.29, 1.82) is 0 Å². The zero-order valence-electron chi connectivity index (χ0n) is 14.5. The number of piperidine rings is 1. The summed E-state index contributed by atoms with van der Waals surface area (Å²) in [5, 5.41) is 0. The minimum Gasteiger partial charge on any atom is -0.327 e. The van der Waals surface area contributed by atoms with Gasteiger partial charge in [0.05, 0.1) is 9.79 Å². The number of hydrogen-bond donors (Lipinski definition) is 2. The molecule has 140 valence electrons. The molecule has 9 heteroatoms. The van der Waals surface area contributed by atoms with Gasteiger partial charge in [-0.2, -0.15) is 4.31 Å². The SMILES string of the molecule is CC1(C)CN(S(=O)(=O)c2cccc(S(=O)(=O)NC3CC3)c2)CCC1N. The lowest BCUT2D eigenvalue weighted by atomic mass is 9.81. The molecule has 2 fully saturated rings. The maximum Gasteiger partial charge on any atom is 0.243 e. The second-order valence-corrected chi connectivity index (χ2v) is 11.2. The fourth-order valence-electron chi connectivity index (χ4n) is 2.97. The van der Waals surface area contributed by atoms with Crippen LogP contribution in [0.4, 0.5) is 0 Å². The van der Waals surface area contributed by atoms with E-state index in [1.54, 1.807) is 0 Å². The van der Waals surface area contributed by atoms with Crippen molar-refractivity contribution < 1.29 is 16.8 Å². The zero-order valence-corrected chi connectivity index (χ0v) is 16.1. The molecule has 3 N–H and O–H groups in total. The molecule has 2 aliphatic rings. The molecular formula is C16H25N3O4S2. The van der Waals surface area contributed by atoms with E-state index in [1.807, 2.05) is 13.8 Å². The van der Waals surface area contributed by atoms with E-state index in [-0.39, 0.29) is 27.3 Å². The van der Waals surface area contributed by atoms with Gasteiger partial charge in [-0.05, 0) is 42.9 Å². The van der Waals surface area contributed by atoms with E-state index < -0.39 is 20.0 Å². The Bertz CT molecular complexity index is 861. The first-order chi connectivity index (χ1) is 11.5. The fourth-order valence-corrected chi connectivity index (χ4v) is 6.07. The number of nitrogens with two attached hydrogens (primary N) is 1. The van der Waals surface area contributed by atoms with Crippen LogP contribution < -0.4 is 10.5 Å². The summed E-state index contributed by atoms with van der Waals surface area (Å²) in [4.78, 5) is -0.0223. The average Bonchev–Trinajstić information content (AvgIpc) is 3.33. The molecule has 1 unspecified atom stereocenters. The molecule has 3 rings (SSSR count). The van der Waals surface area contributed by atoms with E-state index in [0.29, 0.717) is 19.5 Å². The van der Waals surface area contributed by atoms with E-state index in [9.17, 15) is 16.8 Å².